The maximum Gasteiger partial charge on any atom is 0.142 e. The highest BCUT2D eigenvalue weighted by atomic mass is 16.5. The number of para-hydroxylation sites is 2. The first-order valence-electron chi connectivity index (χ1n) is 6.93. The number of rotatable bonds is 4. The summed E-state index contributed by atoms with van der Waals surface area (Å²) in [5.41, 5.74) is 1.10. The molecule has 1 aromatic carbocycles. The van der Waals surface area contributed by atoms with Crippen molar-refractivity contribution in [2.45, 2.75) is 25.8 Å². The van der Waals surface area contributed by atoms with Gasteiger partial charge in [-0.25, -0.2) is 0 Å². The SMILES string of the molecule is CCOc1ccccc1N1CCCNCC1CC#N. The van der Waals surface area contributed by atoms with Crippen LogP contribution >= 0.6 is 0 Å². The van der Waals surface area contributed by atoms with Crippen LogP contribution in [0.5, 0.6) is 5.75 Å². The fourth-order valence-corrected chi connectivity index (χ4v) is 2.51. The molecule has 0 spiro atoms. The van der Waals surface area contributed by atoms with E-state index in [1.807, 2.05) is 25.1 Å². The standard InChI is InChI=1S/C15H21N3O/c1-2-19-15-7-4-3-6-14(15)18-11-5-10-17-12-13(18)8-9-16/h3-4,6-7,13,17H,2,5,8,10-12H2,1H3. The van der Waals surface area contributed by atoms with Gasteiger partial charge in [0.1, 0.15) is 5.75 Å². The fourth-order valence-electron chi connectivity index (χ4n) is 2.51. The van der Waals surface area contributed by atoms with E-state index in [2.05, 4.69) is 22.4 Å². The highest BCUT2D eigenvalue weighted by molar-refractivity contribution is 5.59. The zero-order valence-corrected chi connectivity index (χ0v) is 11.4. The lowest BCUT2D eigenvalue weighted by Crippen LogP contribution is -2.39. The lowest BCUT2D eigenvalue weighted by molar-refractivity contribution is 0.339. The Morgan fingerprint density at radius 2 is 2.32 bits per heavy atom. The highest BCUT2D eigenvalue weighted by Crippen LogP contribution is 2.30. The van der Waals surface area contributed by atoms with Crippen LogP contribution in [0.2, 0.25) is 0 Å². The quantitative estimate of drug-likeness (QED) is 0.900. The summed E-state index contributed by atoms with van der Waals surface area (Å²) in [6.07, 6.45) is 1.62. The van der Waals surface area contributed by atoms with Crippen molar-refractivity contribution in [3.05, 3.63) is 24.3 Å². The van der Waals surface area contributed by atoms with Gasteiger partial charge in [-0.3, -0.25) is 0 Å². The van der Waals surface area contributed by atoms with Gasteiger partial charge in [0, 0.05) is 13.1 Å². The summed E-state index contributed by atoms with van der Waals surface area (Å²) in [5, 5.41) is 12.4. The van der Waals surface area contributed by atoms with E-state index in [1.165, 1.54) is 0 Å². The second-order valence-electron chi connectivity index (χ2n) is 4.67. The van der Waals surface area contributed by atoms with Crippen molar-refractivity contribution >= 4 is 5.69 Å². The van der Waals surface area contributed by atoms with E-state index in [-0.39, 0.29) is 6.04 Å². The van der Waals surface area contributed by atoms with Crippen LogP contribution in [-0.2, 0) is 0 Å². The van der Waals surface area contributed by atoms with Crippen molar-refractivity contribution in [1.29, 1.82) is 5.26 Å². The molecule has 1 heterocycles. The minimum Gasteiger partial charge on any atom is -0.492 e. The predicted molar refractivity (Wildman–Crippen MR) is 76.5 cm³/mol. The van der Waals surface area contributed by atoms with Gasteiger partial charge in [0.05, 0.1) is 30.8 Å². The number of anilines is 1. The molecule has 0 radical (unpaired) electrons. The molecule has 1 atom stereocenters. The molecule has 1 unspecified atom stereocenters. The number of benzene rings is 1. The predicted octanol–water partition coefficient (Wildman–Crippen LogP) is 2.17. The highest BCUT2D eigenvalue weighted by Gasteiger charge is 2.23. The summed E-state index contributed by atoms with van der Waals surface area (Å²) in [4.78, 5) is 2.31. The summed E-state index contributed by atoms with van der Waals surface area (Å²) in [5.74, 6) is 0.912. The molecule has 1 N–H and O–H groups in total. The third-order valence-corrected chi connectivity index (χ3v) is 3.37. The van der Waals surface area contributed by atoms with Crippen molar-refractivity contribution < 1.29 is 4.74 Å². The first kappa shape index (κ1) is 13.7. The smallest absolute Gasteiger partial charge is 0.142 e. The number of hydrogen-bond donors (Lipinski definition) is 1. The number of hydrogen-bond acceptors (Lipinski definition) is 4. The Kier molecular flexibility index (Phi) is 5.05. The van der Waals surface area contributed by atoms with Crippen molar-refractivity contribution in [2.75, 3.05) is 31.1 Å². The van der Waals surface area contributed by atoms with E-state index in [0.29, 0.717) is 13.0 Å². The van der Waals surface area contributed by atoms with Gasteiger partial charge >= 0.3 is 0 Å². The Morgan fingerprint density at radius 1 is 1.47 bits per heavy atom. The van der Waals surface area contributed by atoms with E-state index < -0.39 is 0 Å². The van der Waals surface area contributed by atoms with E-state index in [4.69, 9.17) is 10.00 Å². The molecule has 0 saturated carbocycles. The molecule has 1 aromatic rings. The average molecular weight is 259 g/mol. The third kappa shape index (κ3) is 3.39. The molecule has 1 aliphatic rings. The van der Waals surface area contributed by atoms with Gasteiger partial charge in [0.25, 0.3) is 0 Å². The summed E-state index contributed by atoms with van der Waals surface area (Å²) >= 11 is 0. The number of nitrogens with one attached hydrogen (secondary N) is 1. The Hall–Kier alpha value is -1.73. The average Bonchev–Trinajstić information content (AvgIpc) is 2.66. The lowest BCUT2D eigenvalue weighted by atomic mass is 10.1. The molecule has 1 fully saturated rings. The third-order valence-electron chi connectivity index (χ3n) is 3.37. The Balaban J connectivity index is 2.27. The molecule has 4 heteroatoms. The van der Waals surface area contributed by atoms with Gasteiger partial charge in [-0.15, -0.1) is 0 Å². The lowest BCUT2D eigenvalue weighted by Gasteiger charge is -2.31. The molecule has 102 valence electrons. The van der Waals surface area contributed by atoms with Crippen LogP contribution in [-0.4, -0.2) is 32.3 Å². The molecule has 19 heavy (non-hydrogen) atoms. The second kappa shape index (κ2) is 7.01. The molecule has 2 rings (SSSR count). The van der Waals surface area contributed by atoms with Gasteiger partial charge < -0.3 is 15.0 Å². The van der Waals surface area contributed by atoms with Gasteiger partial charge in [-0.1, -0.05) is 12.1 Å². The largest absolute Gasteiger partial charge is 0.492 e. The summed E-state index contributed by atoms with van der Waals surface area (Å²) < 4.78 is 5.71. The fraction of sp³-hybridized carbons (Fsp3) is 0.533. The van der Waals surface area contributed by atoms with Crippen LogP contribution in [0.3, 0.4) is 0 Å². The van der Waals surface area contributed by atoms with Crippen LogP contribution in [0, 0.1) is 11.3 Å². The van der Waals surface area contributed by atoms with E-state index in [9.17, 15) is 0 Å². The van der Waals surface area contributed by atoms with E-state index >= 15 is 0 Å². The summed E-state index contributed by atoms with van der Waals surface area (Å²) in [7, 11) is 0. The van der Waals surface area contributed by atoms with Gasteiger partial charge in [-0.2, -0.15) is 5.26 Å². The first-order chi connectivity index (χ1) is 9.36. The first-order valence-corrected chi connectivity index (χ1v) is 6.93. The van der Waals surface area contributed by atoms with Crippen LogP contribution < -0.4 is 15.0 Å². The number of nitriles is 1. The molecule has 1 aliphatic heterocycles. The van der Waals surface area contributed by atoms with Crippen molar-refractivity contribution in [2.24, 2.45) is 0 Å². The minimum absolute atomic E-state index is 0.217. The Labute approximate surface area is 115 Å². The van der Waals surface area contributed by atoms with Crippen LogP contribution in [0.4, 0.5) is 5.69 Å². The molecular weight excluding hydrogens is 238 g/mol. The van der Waals surface area contributed by atoms with E-state index in [1.54, 1.807) is 0 Å². The molecule has 0 amide bonds. The van der Waals surface area contributed by atoms with Crippen molar-refractivity contribution in [3.63, 3.8) is 0 Å². The zero-order chi connectivity index (χ0) is 13.5. The minimum atomic E-state index is 0.217. The van der Waals surface area contributed by atoms with Gasteiger partial charge in [0.2, 0.25) is 0 Å². The zero-order valence-electron chi connectivity index (χ0n) is 11.4. The van der Waals surface area contributed by atoms with Gasteiger partial charge in [0.15, 0.2) is 0 Å². The molecule has 0 bridgehead atoms. The molecule has 0 aliphatic carbocycles. The van der Waals surface area contributed by atoms with Crippen molar-refractivity contribution in [3.8, 4) is 11.8 Å². The summed E-state index contributed by atoms with van der Waals surface area (Å²) in [6.45, 7) is 5.48. The van der Waals surface area contributed by atoms with Crippen molar-refractivity contribution in [1.82, 2.24) is 5.32 Å². The maximum atomic E-state index is 9.01. The van der Waals surface area contributed by atoms with Gasteiger partial charge in [-0.05, 0) is 32.0 Å². The molecule has 0 aromatic heterocycles. The summed E-state index contributed by atoms with van der Waals surface area (Å²) in [6, 6.07) is 10.6. The second-order valence-corrected chi connectivity index (χ2v) is 4.67. The normalized spacial score (nSPS) is 19.6. The molecular formula is C15H21N3O. The van der Waals surface area contributed by atoms with Crippen LogP contribution in [0.15, 0.2) is 24.3 Å². The maximum absolute atomic E-state index is 9.01. The van der Waals surface area contributed by atoms with Crippen LogP contribution in [0.25, 0.3) is 0 Å². The molecule has 4 nitrogen and oxygen atoms in total. The van der Waals surface area contributed by atoms with Crippen LogP contribution in [0.1, 0.15) is 19.8 Å². The topological polar surface area (TPSA) is 48.3 Å². The number of ether oxygens (including phenoxy) is 1. The Bertz CT molecular complexity index is 441. The monoisotopic (exact) mass is 259 g/mol. The van der Waals surface area contributed by atoms with E-state index in [0.717, 1.165) is 37.5 Å². The molecule has 1 saturated heterocycles. The Morgan fingerprint density at radius 3 is 3.11 bits per heavy atom. The number of nitrogens with zero attached hydrogens (tertiary/aromatic N) is 2.